The smallest absolute Gasteiger partial charge is 0.220 e. The van der Waals surface area contributed by atoms with Crippen molar-refractivity contribution in [3.8, 4) is 0 Å². The van der Waals surface area contributed by atoms with Crippen LogP contribution in [-0.4, -0.2) is 11.7 Å². The highest BCUT2D eigenvalue weighted by molar-refractivity contribution is 5.80. The van der Waals surface area contributed by atoms with E-state index in [1.807, 2.05) is 13.8 Å². The largest absolute Gasteiger partial charge is 0.369 e. The molecule has 0 spiro atoms. The van der Waals surface area contributed by atoms with Crippen LogP contribution in [0, 0.1) is 17.8 Å². The first kappa shape index (κ1) is 12.2. The van der Waals surface area contributed by atoms with E-state index in [2.05, 4.69) is 0 Å². The number of ketones is 1. The maximum absolute atomic E-state index is 11.5. The number of amides is 1. The Kier molecular flexibility index (Phi) is 4.30. The van der Waals surface area contributed by atoms with E-state index in [1.54, 1.807) is 0 Å². The van der Waals surface area contributed by atoms with Crippen molar-refractivity contribution in [2.24, 2.45) is 23.5 Å². The third-order valence-electron chi connectivity index (χ3n) is 3.38. The molecule has 0 saturated heterocycles. The zero-order valence-electron chi connectivity index (χ0n) is 9.66. The molecular formula is C12H21NO2. The maximum Gasteiger partial charge on any atom is 0.220 e. The highest BCUT2D eigenvalue weighted by atomic mass is 16.1. The fraction of sp³-hybridized carbons (Fsp3) is 0.833. The Morgan fingerprint density at radius 3 is 2.13 bits per heavy atom. The Morgan fingerprint density at radius 1 is 1.20 bits per heavy atom. The van der Waals surface area contributed by atoms with Crippen LogP contribution >= 0.6 is 0 Å². The van der Waals surface area contributed by atoms with Crippen LogP contribution < -0.4 is 5.73 Å². The van der Waals surface area contributed by atoms with E-state index in [-0.39, 0.29) is 17.7 Å². The lowest BCUT2D eigenvalue weighted by Crippen LogP contribution is -2.28. The molecule has 0 aromatic rings. The Bertz CT molecular complexity index is 240. The van der Waals surface area contributed by atoms with Crippen LogP contribution in [0.3, 0.4) is 0 Å². The molecule has 1 aliphatic rings. The van der Waals surface area contributed by atoms with Gasteiger partial charge in [-0.05, 0) is 31.6 Å². The lowest BCUT2D eigenvalue weighted by atomic mass is 9.78. The molecule has 2 N–H and O–H groups in total. The molecule has 3 heteroatoms. The molecule has 0 heterocycles. The van der Waals surface area contributed by atoms with Crippen LogP contribution in [0.25, 0.3) is 0 Å². The zero-order valence-corrected chi connectivity index (χ0v) is 9.66. The molecule has 0 unspecified atom stereocenters. The van der Waals surface area contributed by atoms with Crippen molar-refractivity contribution >= 4 is 11.7 Å². The number of carbonyl (C=O) groups is 2. The Labute approximate surface area is 91.4 Å². The van der Waals surface area contributed by atoms with Crippen LogP contribution in [0.2, 0.25) is 0 Å². The fourth-order valence-corrected chi connectivity index (χ4v) is 2.17. The lowest BCUT2D eigenvalue weighted by Gasteiger charge is -2.26. The summed E-state index contributed by atoms with van der Waals surface area (Å²) in [4.78, 5) is 22.5. The van der Waals surface area contributed by atoms with Crippen molar-refractivity contribution in [1.82, 2.24) is 0 Å². The van der Waals surface area contributed by atoms with Crippen LogP contribution in [0.5, 0.6) is 0 Å². The second-order valence-corrected chi connectivity index (χ2v) is 4.95. The third kappa shape index (κ3) is 3.65. The Hall–Kier alpha value is -0.860. The van der Waals surface area contributed by atoms with Gasteiger partial charge in [0.1, 0.15) is 5.78 Å². The van der Waals surface area contributed by atoms with Gasteiger partial charge >= 0.3 is 0 Å². The fourth-order valence-electron chi connectivity index (χ4n) is 2.17. The summed E-state index contributed by atoms with van der Waals surface area (Å²) >= 11 is 0. The van der Waals surface area contributed by atoms with Crippen molar-refractivity contribution in [3.63, 3.8) is 0 Å². The van der Waals surface area contributed by atoms with E-state index in [0.717, 1.165) is 25.7 Å². The third-order valence-corrected chi connectivity index (χ3v) is 3.38. The molecular weight excluding hydrogens is 190 g/mol. The van der Waals surface area contributed by atoms with E-state index in [0.29, 0.717) is 18.1 Å². The minimum absolute atomic E-state index is 0.0513. The molecule has 0 bridgehead atoms. The predicted octanol–water partition coefficient (Wildman–Crippen LogP) is 1.89. The van der Waals surface area contributed by atoms with Crippen LogP contribution in [0.15, 0.2) is 0 Å². The molecule has 3 nitrogen and oxygen atoms in total. The Balaban J connectivity index is 2.32. The first-order valence-corrected chi connectivity index (χ1v) is 5.82. The molecule has 0 aromatic carbocycles. The van der Waals surface area contributed by atoms with Gasteiger partial charge in [0.25, 0.3) is 0 Å². The van der Waals surface area contributed by atoms with Crippen molar-refractivity contribution in [2.75, 3.05) is 0 Å². The van der Waals surface area contributed by atoms with Crippen molar-refractivity contribution in [1.29, 1.82) is 0 Å². The van der Waals surface area contributed by atoms with Crippen molar-refractivity contribution < 1.29 is 9.59 Å². The lowest BCUT2D eigenvalue weighted by molar-refractivity contribution is -0.124. The van der Waals surface area contributed by atoms with E-state index in [4.69, 9.17) is 5.73 Å². The van der Waals surface area contributed by atoms with E-state index in [9.17, 15) is 9.59 Å². The van der Waals surface area contributed by atoms with Crippen LogP contribution in [0.4, 0.5) is 0 Å². The molecule has 86 valence electrons. The summed E-state index contributed by atoms with van der Waals surface area (Å²) in [6.45, 7) is 3.88. The molecule has 1 fully saturated rings. The van der Waals surface area contributed by atoms with Gasteiger partial charge in [0.2, 0.25) is 5.91 Å². The summed E-state index contributed by atoms with van der Waals surface area (Å²) in [5, 5.41) is 0. The van der Waals surface area contributed by atoms with Gasteiger partial charge in [-0.1, -0.05) is 13.8 Å². The SMILES string of the molecule is CC(C)C(=O)CC1CCC(C(N)=O)CC1. The van der Waals surface area contributed by atoms with Crippen molar-refractivity contribution in [3.05, 3.63) is 0 Å². The van der Waals surface area contributed by atoms with Gasteiger partial charge in [0.15, 0.2) is 0 Å². The topological polar surface area (TPSA) is 60.2 Å². The molecule has 1 amide bonds. The highest BCUT2D eigenvalue weighted by Gasteiger charge is 2.26. The first-order chi connectivity index (χ1) is 7.00. The number of carbonyl (C=O) groups excluding carboxylic acids is 2. The maximum atomic E-state index is 11.5. The van der Waals surface area contributed by atoms with Gasteiger partial charge in [0, 0.05) is 18.3 Å². The van der Waals surface area contributed by atoms with Gasteiger partial charge in [-0.2, -0.15) is 0 Å². The number of rotatable bonds is 4. The second kappa shape index (κ2) is 5.29. The summed E-state index contributed by atoms with van der Waals surface area (Å²) in [7, 11) is 0. The number of hydrogen-bond donors (Lipinski definition) is 1. The van der Waals surface area contributed by atoms with Crippen LogP contribution in [0.1, 0.15) is 46.0 Å². The van der Waals surface area contributed by atoms with Gasteiger partial charge < -0.3 is 5.73 Å². The van der Waals surface area contributed by atoms with Gasteiger partial charge in [0.05, 0.1) is 0 Å². The highest BCUT2D eigenvalue weighted by Crippen LogP contribution is 2.31. The average Bonchev–Trinajstić information content (AvgIpc) is 2.18. The number of Topliss-reactive ketones (excluding diaryl/α,β-unsaturated/α-hetero) is 1. The summed E-state index contributed by atoms with van der Waals surface area (Å²) in [5.41, 5.74) is 5.26. The molecule has 1 rings (SSSR count). The predicted molar refractivity (Wildman–Crippen MR) is 59.1 cm³/mol. The molecule has 0 aromatic heterocycles. The minimum Gasteiger partial charge on any atom is -0.369 e. The summed E-state index contributed by atoms with van der Waals surface area (Å²) in [5.74, 6) is 0.839. The first-order valence-electron chi connectivity index (χ1n) is 5.82. The van der Waals surface area contributed by atoms with Gasteiger partial charge in [-0.15, -0.1) is 0 Å². The molecule has 15 heavy (non-hydrogen) atoms. The molecule has 0 atom stereocenters. The second-order valence-electron chi connectivity index (χ2n) is 4.95. The standard InChI is InChI=1S/C12H21NO2/c1-8(2)11(14)7-9-3-5-10(6-4-9)12(13)15/h8-10H,3-7H2,1-2H3,(H2,13,15). The Morgan fingerprint density at radius 2 is 1.73 bits per heavy atom. The molecule has 1 aliphatic carbocycles. The van der Waals surface area contributed by atoms with Crippen molar-refractivity contribution in [2.45, 2.75) is 46.0 Å². The van der Waals surface area contributed by atoms with E-state index < -0.39 is 0 Å². The number of primary amides is 1. The minimum atomic E-state index is -0.177. The number of nitrogens with two attached hydrogens (primary N) is 1. The summed E-state index contributed by atoms with van der Waals surface area (Å²) in [6.07, 6.45) is 4.37. The molecule has 0 radical (unpaired) electrons. The van der Waals surface area contributed by atoms with E-state index >= 15 is 0 Å². The summed E-state index contributed by atoms with van der Waals surface area (Å²) < 4.78 is 0. The number of hydrogen-bond acceptors (Lipinski definition) is 2. The molecule has 1 saturated carbocycles. The van der Waals surface area contributed by atoms with E-state index in [1.165, 1.54) is 0 Å². The summed E-state index contributed by atoms with van der Waals surface area (Å²) in [6, 6.07) is 0. The molecule has 0 aliphatic heterocycles. The zero-order chi connectivity index (χ0) is 11.4. The average molecular weight is 211 g/mol. The monoisotopic (exact) mass is 211 g/mol. The van der Waals surface area contributed by atoms with Gasteiger partial charge in [-0.3, -0.25) is 9.59 Å². The van der Waals surface area contributed by atoms with Gasteiger partial charge in [-0.25, -0.2) is 0 Å². The quantitative estimate of drug-likeness (QED) is 0.772. The normalized spacial score (nSPS) is 26.6. The van der Waals surface area contributed by atoms with Crippen LogP contribution in [-0.2, 0) is 9.59 Å².